The number of allylic oxidation sites excluding steroid dienone is 3. The van der Waals surface area contributed by atoms with Crippen molar-refractivity contribution in [2.24, 2.45) is 16.8 Å². The lowest BCUT2D eigenvalue weighted by molar-refractivity contribution is -0.117. The highest BCUT2D eigenvalue weighted by Gasteiger charge is 2.39. The summed E-state index contributed by atoms with van der Waals surface area (Å²) in [6.07, 6.45) is 6.11. The minimum atomic E-state index is 0.0283. The molecule has 6 nitrogen and oxygen atoms in total. The van der Waals surface area contributed by atoms with Gasteiger partial charge in [0.15, 0.2) is 0 Å². The van der Waals surface area contributed by atoms with Crippen molar-refractivity contribution < 1.29 is 4.79 Å². The van der Waals surface area contributed by atoms with Crippen molar-refractivity contribution in [1.82, 2.24) is 9.97 Å². The molecule has 0 saturated heterocycles. The number of hydrogen-bond donors (Lipinski definition) is 2. The van der Waals surface area contributed by atoms with Crippen LogP contribution in [0.3, 0.4) is 0 Å². The van der Waals surface area contributed by atoms with Gasteiger partial charge in [-0.25, -0.2) is 9.97 Å². The smallest absolute Gasteiger partial charge is 0.228 e. The van der Waals surface area contributed by atoms with Crippen molar-refractivity contribution in [3.05, 3.63) is 41.9 Å². The fraction of sp³-hybridized carbons (Fsp3) is 0.300. The van der Waals surface area contributed by atoms with Crippen LogP contribution in [0.15, 0.2) is 41.2 Å². The van der Waals surface area contributed by atoms with E-state index >= 15 is 0 Å². The van der Waals surface area contributed by atoms with Gasteiger partial charge in [-0.05, 0) is 67.6 Å². The first kappa shape index (κ1) is 17.8. The molecule has 1 saturated carbocycles. The number of nitrogen functional groups attached to an aromatic ring is 1. The molecule has 1 aliphatic rings. The Hall–Kier alpha value is -3.02. The highest BCUT2D eigenvalue weighted by atomic mass is 16.2. The molecule has 1 fully saturated rings. The molecule has 3 N–H and O–H groups in total. The second kappa shape index (κ2) is 7.07. The van der Waals surface area contributed by atoms with E-state index in [2.05, 4.69) is 33.9 Å². The lowest BCUT2D eigenvalue weighted by atomic mass is 10.0. The first-order chi connectivity index (χ1) is 12.4. The van der Waals surface area contributed by atoms with Crippen LogP contribution in [0, 0.1) is 11.8 Å². The van der Waals surface area contributed by atoms with Crippen molar-refractivity contribution in [2.45, 2.75) is 27.2 Å². The molecule has 0 spiro atoms. The first-order valence-corrected chi connectivity index (χ1v) is 8.58. The van der Waals surface area contributed by atoms with Crippen molar-refractivity contribution in [1.29, 1.82) is 0 Å². The van der Waals surface area contributed by atoms with E-state index in [-0.39, 0.29) is 11.8 Å². The molecule has 0 unspecified atom stereocenters. The highest BCUT2D eigenvalue weighted by Crippen LogP contribution is 2.38. The lowest BCUT2D eigenvalue weighted by Gasteiger charge is -2.10. The number of aromatic nitrogens is 2. The molecule has 134 valence electrons. The minimum absolute atomic E-state index is 0.0283. The summed E-state index contributed by atoms with van der Waals surface area (Å²) >= 11 is 0. The number of hydrogen-bond acceptors (Lipinski definition) is 5. The van der Waals surface area contributed by atoms with Gasteiger partial charge in [0.05, 0.1) is 5.69 Å². The van der Waals surface area contributed by atoms with E-state index in [0.717, 1.165) is 34.0 Å². The van der Waals surface area contributed by atoms with Crippen LogP contribution in [-0.4, -0.2) is 22.6 Å². The molecule has 6 heteroatoms. The van der Waals surface area contributed by atoms with Gasteiger partial charge < -0.3 is 11.1 Å². The quantitative estimate of drug-likeness (QED) is 0.634. The zero-order valence-electron chi connectivity index (χ0n) is 15.3. The summed E-state index contributed by atoms with van der Waals surface area (Å²) in [6, 6.07) is 3.79. The fourth-order valence-electron chi connectivity index (χ4n) is 2.83. The number of amides is 1. The average molecular weight is 349 g/mol. The van der Waals surface area contributed by atoms with Crippen LogP contribution in [0.2, 0.25) is 0 Å². The zero-order valence-corrected chi connectivity index (χ0v) is 15.3. The normalized spacial score (nSPS) is 20.1. The molecule has 2 aromatic heterocycles. The second-order valence-corrected chi connectivity index (χ2v) is 6.80. The summed E-state index contributed by atoms with van der Waals surface area (Å²) in [4.78, 5) is 24.6. The van der Waals surface area contributed by atoms with Gasteiger partial charge in [-0.2, -0.15) is 0 Å². The van der Waals surface area contributed by atoms with Gasteiger partial charge in [0.1, 0.15) is 11.6 Å². The van der Waals surface area contributed by atoms with Crippen LogP contribution in [0.5, 0.6) is 0 Å². The van der Waals surface area contributed by atoms with E-state index in [1.54, 1.807) is 12.4 Å². The van der Waals surface area contributed by atoms with E-state index in [9.17, 15) is 4.79 Å². The topological polar surface area (TPSA) is 93.3 Å². The first-order valence-electron chi connectivity index (χ1n) is 8.58. The Morgan fingerprint density at radius 3 is 2.81 bits per heavy atom. The highest BCUT2D eigenvalue weighted by molar-refractivity contribution is 5.98. The second-order valence-electron chi connectivity index (χ2n) is 6.80. The number of nitrogens with zero attached hydrogens (tertiary/aromatic N) is 3. The van der Waals surface area contributed by atoms with Crippen molar-refractivity contribution in [3.63, 3.8) is 0 Å². The summed E-state index contributed by atoms with van der Waals surface area (Å²) in [6.45, 7) is 9.47. The Morgan fingerprint density at radius 1 is 1.42 bits per heavy atom. The van der Waals surface area contributed by atoms with Crippen molar-refractivity contribution in [3.8, 4) is 0 Å². The monoisotopic (exact) mass is 349 g/mol. The summed E-state index contributed by atoms with van der Waals surface area (Å²) in [5, 5.41) is 4.54. The number of pyridine rings is 2. The molecule has 1 aliphatic carbocycles. The third kappa shape index (κ3) is 3.64. The summed E-state index contributed by atoms with van der Waals surface area (Å²) in [5.74, 6) is 1.53. The van der Waals surface area contributed by atoms with Crippen LogP contribution in [0.4, 0.5) is 11.6 Å². The van der Waals surface area contributed by atoms with E-state index in [1.165, 1.54) is 0 Å². The molecule has 2 atom stereocenters. The van der Waals surface area contributed by atoms with Gasteiger partial charge in [0.25, 0.3) is 0 Å². The zero-order chi connectivity index (χ0) is 18.8. The van der Waals surface area contributed by atoms with Gasteiger partial charge in [-0.1, -0.05) is 6.92 Å². The maximum atomic E-state index is 12.1. The van der Waals surface area contributed by atoms with Gasteiger partial charge >= 0.3 is 0 Å². The molecule has 2 heterocycles. The summed E-state index contributed by atoms with van der Waals surface area (Å²) in [7, 11) is 0. The minimum Gasteiger partial charge on any atom is -0.383 e. The maximum Gasteiger partial charge on any atom is 0.228 e. The van der Waals surface area contributed by atoms with Gasteiger partial charge in [-0.15, -0.1) is 0 Å². The molecule has 3 rings (SSSR count). The van der Waals surface area contributed by atoms with Crippen LogP contribution in [0.1, 0.15) is 32.9 Å². The molecular weight excluding hydrogens is 326 g/mol. The number of aliphatic imine (C=N–C) groups is 1. The summed E-state index contributed by atoms with van der Waals surface area (Å²) < 4.78 is 0. The summed E-state index contributed by atoms with van der Waals surface area (Å²) in [5.41, 5.74) is 8.91. The standard InChI is InChI=1S/C20H23N5O/c1-11(5-6-22-4)13(3)17-8-14-9-18(23-10-16(14)19(21)24-17)25-20(26)15-7-12(15)2/h5-6,8-10,12,15H,4,7H2,1-3H3,(H2,21,24)(H,23,25,26)/b6-5-,13-11+/t12-,15+/m0/s1. The van der Waals surface area contributed by atoms with Crippen LogP contribution in [-0.2, 0) is 4.79 Å². The Labute approximate surface area is 152 Å². The average Bonchev–Trinajstić information content (AvgIpc) is 3.35. The number of nitrogens with one attached hydrogen (secondary N) is 1. The number of anilines is 2. The van der Waals surface area contributed by atoms with Crippen molar-refractivity contribution in [2.75, 3.05) is 11.1 Å². The van der Waals surface area contributed by atoms with E-state index in [4.69, 9.17) is 5.73 Å². The Kier molecular flexibility index (Phi) is 4.84. The molecule has 2 aromatic rings. The lowest BCUT2D eigenvalue weighted by Crippen LogP contribution is -2.15. The number of carbonyl (C=O) groups is 1. The SMILES string of the molecule is C=N/C=C\C(C)=C(/C)c1cc2cc(NC(=O)[C@@H]3C[C@@H]3C)ncc2c(N)n1. The van der Waals surface area contributed by atoms with E-state index in [0.29, 0.717) is 17.6 Å². The predicted octanol–water partition coefficient (Wildman–Crippen LogP) is 3.81. The largest absolute Gasteiger partial charge is 0.383 e. The number of carbonyl (C=O) groups excluding carboxylic acids is 1. The number of fused-ring (bicyclic) bond motifs is 1. The van der Waals surface area contributed by atoms with Crippen LogP contribution >= 0.6 is 0 Å². The number of nitrogens with two attached hydrogens (primary N) is 1. The molecule has 0 radical (unpaired) electrons. The van der Waals surface area contributed by atoms with Crippen LogP contribution < -0.4 is 11.1 Å². The van der Waals surface area contributed by atoms with Gasteiger partial charge in [0, 0.05) is 23.7 Å². The number of rotatable bonds is 5. The third-order valence-corrected chi connectivity index (χ3v) is 4.85. The molecule has 0 aromatic carbocycles. The molecule has 0 aliphatic heterocycles. The van der Waals surface area contributed by atoms with Gasteiger partial charge in [0.2, 0.25) is 5.91 Å². The third-order valence-electron chi connectivity index (χ3n) is 4.85. The molecule has 26 heavy (non-hydrogen) atoms. The van der Waals surface area contributed by atoms with Gasteiger partial charge in [-0.3, -0.25) is 9.79 Å². The molecular formula is C20H23N5O. The van der Waals surface area contributed by atoms with Crippen molar-refractivity contribution >= 4 is 40.6 Å². The fourth-order valence-corrected chi connectivity index (χ4v) is 2.83. The predicted molar refractivity (Wildman–Crippen MR) is 107 cm³/mol. The Balaban J connectivity index is 1.96. The maximum absolute atomic E-state index is 12.1. The Morgan fingerprint density at radius 2 is 2.15 bits per heavy atom. The van der Waals surface area contributed by atoms with E-state index in [1.807, 2.05) is 32.1 Å². The molecule has 0 bridgehead atoms. The van der Waals surface area contributed by atoms with Crippen LogP contribution in [0.25, 0.3) is 16.3 Å². The Bertz CT molecular complexity index is 945. The molecule has 1 amide bonds. The van der Waals surface area contributed by atoms with E-state index < -0.39 is 0 Å².